The molecule has 1 atom stereocenters. The zero-order chi connectivity index (χ0) is 10.7. The number of hydrogen-bond donors (Lipinski definition) is 1. The van der Waals surface area contributed by atoms with E-state index < -0.39 is 0 Å². The standard InChI is InChI=1S/C12H18ClN/c1-8(2)6-12(14)10-5-4-9(3)7-11(10)13/h4-5,7-8,12H,6,14H2,1-3H3/t12-/m1/s1. The summed E-state index contributed by atoms with van der Waals surface area (Å²) >= 11 is 6.13. The maximum Gasteiger partial charge on any atom is 0.0456 e. The van der Waals surface area contributed by atoms with Gasteiger partial charge in [-0.05, 0) is 36.5 Å². The molecule has 0 aromatic heterocycles. The van der Waals surface area contributed by atoms with Gasteiger partial charge in [0.1, 0.15) is 0 Å². The molecule has 0 saturated carbocycles. The lowest BCUT2D eigenvalue weighted by atomic mass is 9.97. The zero-order valence-corrected chi connectivity index (χ0v) is 9.81. The highest BCUT2D eigenvalue weighted by molar-refractivity contribution is 6.31. The molecule has 1 aromatic rings. The van der Waals surface area contributed by atoms with Gasteiger partial charge in [-0.25, -0.2) is 0 Å². The van der Waals surface area contributed by atoms with Gasteiger partial charge < -0.3 is 5.73 Å². The van der Waals surface area contributed by atoms with E-state index in [0.717, 1.165) is 17.0 Å². The Morgan fingerprint density at radius 1 is 1.36 bits per heavy atom. The number of aryl methyl sites for hydroxylation is 1. The molecule has 1 nitrogen and oxygen atoms in total. The highest BCUT2D eigenvalue weighted by Gasteiger charge is 2.11. The summed E-state index contributed by atoms with van der Waals surface area (Å²) in [4.78, 5) is 0. The summed E-state index contributed by atoms with van der Waals surface area (Å²) < 4.78 is 0. The summed E-state index contributed by atoms with van der Waals surface area (Å²) in [6.07, 6.45) is 0.975. The molecule has 0 radical (unpaired) electrons. The minimum atomic E-state index is 0.0584. The Bertz CT molecular complexity index is 307. The molecule has 1 aromatic carbocycles. The predicted octanol–water partition coefficient (Wildman–Crippen LogP) is 3.69. The van der Waals surface area contributed by atoms with Gasteiger partial charge in [-0.1, -0.05) is 37.6 Å². The van der Waals surface area contributed by atoms with Gasteiger partial charge >= 0.3 is 0 Å². The molecule has 14 heavy (non-hydrogen) atoms. The third-order valence-electron chi connectivity index (χ3n) is 2.28. The molecule has 2 N–H and O–H groups in total. The molecule has 0 unspecified atom stereocenters. The summed E-state index contributed by atoms with van der Waals surface area (Å²) in [5, 5.41) is 0.790. The average molecular weight is 212 g/mol. The van der Waals surface area contributed by atoms with Gasteiger partial charge in [-0.15, -0.1) is 0 Å². The molecule has 0 aliphatic heterocycles. The minimum absolute atomic E-state index is 0.0584. The van der Waals surface area contributed by atoms with Gasteiger partial charge in [0.2, 0.25) is 0 Å². The first-order valence-corrected chi connectivity index (χ1v) is 5.40. The van der Waals surface area contributed by atoms with Gasteiger partial charge in [-0.2, -0.15) is 0 Å². The molecule has 0 fully saturated rings. The van der Waals surface area contributed by atoms with Crippen LogP contribution in [0.4, 0.5) is 0 Å². The van der Waals surface area contributed by atoms with Crippen molar-refractivity contribution in [2.45, 2.75) is 33.2 Å². The Morgan fingerprint density at radius 3 is 2.50 bits per heavy atom. The normalized spacial score (nSPS) is 13.3. The fraction of sp³-hybridized carbons (Fsp3) is 0.500. The fourth-order valence-electron chi connectivity index (χ4n) is 1.57. The van der Waals surface area contributed by atoms with E-state index in [2.05, 4.69) is 19.9 Å². The molecule has 0 amide bonds. The molecule has 2 heteroatoms. The number of nitrogens with two attached hydrogens (primary N) is 1. The Morgan fingerprint density at radius 2 is 2.00 bits per heavy atom. The second kappa shape index (κ2) is 4.81. The van der Waals surface area contributed by atoms with Crippen molar-refractivity contribution < 1.29 is 0 Å². The maximum atomic E-state index is 6.13. The van der Waals surface area contributed by atoms with Crippen LogP contribution in [0, 0.1) is 12.8 Å². The Kier molecular flexibility index (Phi) is 3.97. The number of rotatable bonds is 3. The van der Waals surface area contributed by atoms with Crippen molar-refractivity contribution in [1.29, 1.82) is 0 Å². The highest BCUT2D eigenvalue weighted by atomic mass is 35.5. The van der Waals surface area contributed by atoms with E-state index in [4.69, 9.17) is 17.3 Å². The van der Waals surface area contributed by atoms with Crippen LogP contribution in [0.3, 0.4) is 0 Å². The molecule has 0 heterocycles. The molecule has 1 rings (SSSR count). The third-order valence-corrected chi connectivity index (χ3v) is 2.61. The Balaban J connectivity index is 2.84. The lowest BCUT2D eigenvalue weighted by Crippen LogP contribution is -2.13. The first-order chi connectivity index (χ1) is 6.50. The molecule has 0 bridgehead atoms. The smallest absolute Gasteiger partial charge is 0.0456 e. The van der Waals surface area contributed by atoms with E-state index in [1.165, 1.54) is 5.56 Å². The van der Waals surface area contributed by atoms with Crippen molar-refractivity contribution >= 4 is 11.6 Å². The SMILES string of the molecule is Cc1ccc([C@H](N)CC(C)C)c(Cl)c1. The maximum absolute atomic E-state index is 6.13. The monoisotopic (exact) mass is 211 g/mol. The first-order valence-electron chi connectivity index (χ1n) is 5.02. The van der Waals surface area contributed by atoms with E-state index in [0.29, 0.717) is 5.92 Å². The molecule has 0 aliphatic rings. The van der Waals surface area contributed by atoms with Crippen LogP contribution in [0.15, 0.2) is 18.2 Å². The lowest BCUT2D eigenvalue weighted by Gasteiger charge is -2.16. The van der Waals surface area contributed by atoms with Crippen molar-refractivity contribution in [3.63, 3.8) is 0 Å². The van der Waals surface area contributed by atoms with Crippen molar-refractivity contribution in [2.75, 3.05) is 0 Å². The average Bonchev–Trinajstić information content (AvgIpc) is 2.01. The second-order valence-corrected chi connectivity index (χ2v) is 4.67. The third kappa shape index (κ3) is 3.00. The van der Waals surface area contributed by atoms with E-state index in [-0.39, 0.29) is 6.04 Å². The van der Waals surface area contributed by atoms with Crippen LogP contribution in [0.2, 0.25) is 5.02 Å². The van der Waals surface area contributed by atoms with Crippen molar-refractivity contribution in [3.8, 4) is 0 Å². The Labute approximate surface area is 91.3 Å². The molecular formula is C12H18ClN. The molecule has 78 valence electrons. The highest BCUT2D eigenvalue weighted by Crippen LogP contribution is 2.26. The minimum Gasteiger partial charge on any atom is -0.324 e. The number of halogens is 1. The van der Waals surface area contributed by atoms with Gasteiger partial charge in [0.25, 0.3) is 0 Å². The summed E-state index contributed by atoms with van der Waals surface area (Å²) in [5.41, 5.74) is 8.30. The summed E-state index contributed by atoms with van der Waals surface area (Å²) in [6, 6.07) is 6.12. The largest absolute Gasteiger partial charge is 0.324 e. The summed E-state index contributed by atoms with van der Waals surface area (Å²) in [6.45, 7) is 6.37. The Hall–Kier alpha value is -0.530. The van der Waals surface area contributed by atoms with E-state index in [1.54, 1.807) is 0 Å². The van der Waals surface area contributed by atoms with Crippen LogP contribution in [-0.4, -0.2) is 0 Å². The van der Waals surface area contributed by atoms with Crippen molar-refractivity contribution in [2.24, 2.45) is 11.7 Å². The topological polar surface area (TPSA) is 26.0 Å². The van der Waals surface area contributed by atoms with Crippen LogP contribution < -0.4 is 5.73 Å². The second-order valence-electron chi connectivity index (χ2n) is 4.26. The molecular weight excluding hydrogens is 194 g/mol. The van der Waals surface area contributed by atoms with Gasteiger partial charge in [0.15, 0.2) is 0 Å². The van der Waals surface area contributed by atoms with Crippen LogP contribution in [0.5, 0.6) is 0 Å². The van der Waals surface area contributed by atoms with Gasteiger partial charge in [-0.3, -0.25) is 0 Å². The lowest BCUT2D eigenvalue weighted by molar-refractivity contribution is 0.510. The van der Waals surface area contributed by atoms with E-state index in [9.17, 15) is 0 Å². The van der Waals surface area contributed by atoms with E-state index in [1.807, 2.05) is 19.1 Å². The first kappa shape index (κ1) is 11.5. The number of hydrogen-bond acceptors (Lipinski definition) is 1. The summed E-state index contributed by atoms with van der Waals surface area (Å²) in [7, 11) is 0. The molecule has 0 aliphatic carbocycles. The number of benzene rings is 1. The van der Waals surface area contributed by atoms with Crippen LogP contribution in [-0.2, 0) is 0 Å². The van der Waals surface area contributed by atoms with Crippen LogP contribution in [0.25, 0.3) is 0 Å². The van der Waals surface area contributed by atoms with Gasteiger partial charge in [0, 0.05) is 11.1 Å². The molecule has 0 spiro atoms. The van der Waals surface area contributed by atoms with E-state index >= 15 is 0 Å². The zero-order valence-electron chi connectivity index (χ0n) is 9.05. The predicted molar refractivity (Wildman–Crippen MR) is 62.6 cm³/mol. The van der Waals surface area contributed by atoms with Gasteiger partial charge in [0.05, 0.1) is 0 Å². The van der Waals surface area contributed by atoms with Crippen LogP contribution >= 0.6 is 11.6 Å². The van der Waals surface area contributed by atoms with Crippen molar-refractivity contribution in [3.05, 3.63) is 34.3 Å². The van der Waals surface area contributed by atoms with Crippen molar-refractivity contribution in [1.82, 2.24) is 0 Å². The summed E-state index contributed by atoms with van der Waals surface area (Å²) in [5.74, 6) is 0.599. The quantitative estimate of drug-likeness (QED) is 0.811. The van der Waals surface area contributed by atoms with Crippen LogP contribution in [0.1, 0.15) is 37.4 Å². The molecule has 0 saturated heterocycles. The fourth-order valence-corrected chi connectivity index (χ4v) is 1.94.